The van der Waals surface area contributed by atoms with E-state index in [2.05, 4.69) is 19.2 Å². The molecule has 1 N–H and O–H groups in total. The highest BCUT2D eigenvalue weighted by molar-refractivity contribution is 5.24. The molecule has 0 heterocycles. The maximum atomic E-state index is 13.5. The second-order valence-electron chi connectivity index (χ2n) is 6.56. The molecule has 1 aliphatic carbocycles. The van der Waals surface area contributed by atoms with Crippen molar-refractivity contribution in [3.63, 3.8) is 0 Å². The maximum absolute atomic E-state index is 13.5. The van der Waals surface area contributed by atoms with Gasteiger partial charge in [-0.25, -0.2) is 8.78 Å². The number of rotatable bonds is 5. The molecule has 1 aromatic carbocycles. The zero-order valence-electron chi connectivity index (χ0n) is 12.7. The summed E-state index contributed by atoms with van der Waals surface area (Å²) in [5.41, 5.74) is 1.04. The molecule has 1 aromatic rings. The first kappa shape index (κ1) is 15.4. The van der Waals surface area contributed by atoms with E-state index in [1.54, 1.807) is 6.07 Å². The Hall–Kier alpha value is -0.960. The van der Waals surface area contributed by atoms with Crippen LogP contribution in [0.5, 0.6) is 0 Å². The summed E-state index contributed by atoms with van der Waals surface area (Å²) in [5, 5.41) is 3.36. The van der Waals surface area contributed by atoms with Crippen LogP contribution >= 0.6 is 0 Å². The molecule has 0 aliphatic heterocycles. The first-order valence-corrected chi connectivity index (χ1v) is 7.61. The molecule has 3 heteroatoms. The van der Waals surface area contributed by atoms with Crippen molar-refractivity contribution in [2.75, 3.05) is 7.05 Å². The third-order valence-corrected chi connectivity index (χ3v) is 4.59. The molecule has 1 nitrogen and oxygen atoms in total. The lowest BCUT2D eigenvalue weighted by Crippen LogP contribution is -2.36. The van der Waals surface area contributed by atoms with E-state index in [4.69, 9.17) is 0 Å². The van der Waals surface area contributed by atoms with E-state index >= 15 is 0 Å². The average molecular weight is 281 g/mol. The molecule has 0 amide bonds. The van der Waals surface area contributed by atoms with Gasteiger partial charge in [-0.05, 0) is 55.3 Å². The Balaban J connectivity index is 2.35. The van der Waals surface area contributed by atoms with Gasteiger partial charge in [0.15, 0.2) is 11.6 Å². The second kappa shape index (κ2) is 6.21. The fourth-order valence-corrected chi connectivity index (χ4v) is 4.02. The molecule has 1 atom stereocenters. The van der Waals surface area contributed by atoms with Crippen molar-refractivity contribution in [2.45, 2.75) is 52.0 Å². The molecule has 2 rings (SSSR count). The van der Waals surface area contributed by atoms with Gasteiger partial charge in [-0.1, -0.05) is 32.8 Å². The average Bonchev–Trinajstić information content (AvgIpc) is 2.83. The molecule has 0 bridgehead atoms. The third kappa shape index (κ3) is 3.03. The van der Waals surface area contributed by atoms with Crippen LogP contribution in [0, 0.1) is 23.0 Å². The van der Waals surface area contributed by atoms with E-state index in [-0.39, 0.29) is 11.5 Å². The minimum atomic E-state index is -0.770. The van der Waals surface area contributed by atoms with Crippen molar-refractivity contribution < 1.29 is 8.78 Å². The van der Waals surface area contributed by atoms with E-state index in [0.29, 0.717) is 5.92 Å². The predicted octanol–water partition coefficient (Wildman–Crippen LogP) is 4.83. The normalized spacial score (nSPS) is 19.5. The lowest BCUT2D eigenvalue weighted by atomic mass is 9.70. The van der Waals surface area contributed by atoms with Crippen molar-refractivity contribution in [1.29, 1.82) is 0 Å². The highest BCUT2D eigenvalue weighted by atomic mass is 19.2. The number of halogens is 2. The van der Waals surface area contributed by atoms with Crippen LogP contribution in [0.3, 0.4) is 0 Å². The largest absolute Gasteiger partial charge is 0.313 e. The Morgan fingerprint density at radius 3 is 2.30 bits per heavy atom. The van der Waals surface area contributed by atoms with Crippen molar-refractivity contribution in [2.24, 2.45) is 11.3 Å². The van der Waals surface area contributed by atoms with Gasteiger partial charge in [-0.3, -0.25) is 0 Å². The molecule has 0 spiro atoms. The number of hydrogen-bond donors (Lipinski definition) is 1. The standard InChI is InChI=1S/C17H25F2N/c1-12(2)11-17(8-4-5-9-17)16(20-3)13-6-7-14(18)15(19)10-13/h6-7,10,12,16,20H,4-5,8-9,11H2,1-3H3. The molecule has 1 fully saturated rings. The smallest absolute Gasteiger partial charge is 0.159 e. The summed E-state index contributed by atoms with van der Waals surface area (Å²) in [4.78, 5) is 0. The molecule has 112 valence electrons. The zero-order valence-corrected chi connectivity index (χ0v) is 12.7. The minimum absolute atomic E-state index is 0.0995. The van der Waals surface area contributed by atoms with Gasteiger partial charge in [-0.2, -0.15) is 0 Å². The molecule has 1 saturated carbocycles. The third-order valence-electron chi connectivity index (χ3n) is 4.59. The fourth-order valence-electron chi connectivity index (χ4n) is 4.02. The summed E-state index contributed by atoms with van der Waals surface area (Å²) in [6, 6.07) is 4.42. The van der Waals surface area contributed by atoms with Crippen molar-refractivity contribution in [3.8, 4) is 0 Å². The van der Waals surface area contributed by atoms with Crippen LogP contribution < -0.4 is 5.32 Å². The van der Waals surface area contributed by atoms with Gasteiger partial charge >= 0.3 is 0 Å². The molecule has 0 aromatic heterocycles. The Bertz CT molecular complexity index is 450. The van der Waals surface area contributed by atoms with Crippen LogP contribution in [-0.2, 0) is 0 Å². The first-order chi connectivity index (χ1) is 9.48. The molecule has 20 heavy (non-hydrogen) atoms. The van der Waals surface area contributed by atoms with Crippen molar-refractivity contribution in [3.05, 3.63) is 35.4 Å². The SMILES string of the molecule is CNC(c1ccc(F)c(F)c1)C1(CC(C)C)CCCC1. The van der Waals surface area contributed by atoms with Gasteiger partial charge in [0.1, 0.15) is 0 Å². The minimum Gasteiger partial charge on any atom is -0.313 e. The molecular formula is C17H25F2N. The lowest BCUT2D eigenvalue weighted by molar-refractivity contribution is 0.161. The second-order valence-corrected chi connectivity index (χ2v) is 6.56. The number of nitrogens with one attached hydrogen (secondary N) is 1. The molecule has 0 saturated heterocycles. The van der Waals surface area contributed by atoms with Crippen LogP contribution in [0.1, 0.15) is 57.6 Å². The quantitative estimate of drug-likeness (QED) is 0.815. The number of benzene rings is 1. The van der Waals surface area contributed by atoms with Gasteiger partial charge in [-0.15, -0.1) is 0 Å². The van der Waals surface area contributed by atoms with E-state index in [9.17, 15) is 8.78 Å². The summed E-state index contributed by atoms with van der Waals surface area (Å²) >= 11 is 0. The van der Waals surface area contributed by atoms with E-state index in [1.165, 1.54) is 25.0 Å². The summed E-state index contributed by atoms with van der Waals surface area (Å²) in [6.07, 6.45) is 5.91. The fraction of sp³-hybridized carbons (Fsp3) is 0.647. The van der Waals surface area contributed by atoms with Crippen LogP contribution in [-0.4, -0.2) is 7.05 Å². The summed E-state index contributed by atoms with van der Waals surface area (Å²) in [6.45, 7) is 4.47. The van der Waals surface area contributed by atoms with E-state index < -0.39 is 11.6 Å². The summed E-state index contributed by atoms with van der Waals surface area (Å²) in [5.74, 6) is -0.914. The lowest BCUT2D eigenvalue weighted by Gasteiger charge is -2.39. The van der Waals surface area contributed by atoms with E-state index in [1.807, 2.05) is 7.05 Å². The highest BCUT2D eigenvalue weighted by Gasteiger charge is 2.41. The Labute approximate surface area is 120 Å². The molecular weight excluding hydrogens is 256 g/mol. The van der Waals surface area contributed by atoms with Crippen LogP contribution in [0.2, 0.25) is 0 Å². The van der Waals surface area contributed by atoms with Gasteiger partial charge in [0.25, 0.3) is 0 Å². The van der Waals surface area contributed by atoms with Crippen LogP contribution in [0.15, 0.2) is 18.2 Å². The highest BCUT2D eigenvalue weighted by Crippen LogP contribution is 2.51. The topological polar surface area (TPSA) is 12.0 Å². The van der Waals surface area contributed by atoms with Gasteiger partial charge < -0.3 is 5.32 Å². The Kier molecular flexibility index (Phi) is 4.79. The van der Waals surface area contributed by atoms with Crippen LogP contribution in [0.25, 0.3) is 0 Å². The molecule has 0 radical (unpaired) electrons. The number of hydrogen-bond acceptors (Lipinski definition) is 1. The van der Waals surface area contributed by atoms with Gasteiger partial charge in [0.2, 0.25) is 0 Å². The Morgan fingerprint density at radius 1 is 1.15 bits per heavy atom. The first-order valence-electron chi connectivity index (χ1n) is 7.61. The molecule has 1 unspecified atom stereocenters. The zero-order chi connectivity index (χ0) is 14.8. The molecule has 1 aliphatic rings. The van der Waals surface area contributed by atoms with E-state index in [0.717, 1.165) is 24.8 Å². The summed E-state index contributed by atoms with van der Waals surface area (Å²) < 4.78 is 26.7. The van der Waals surface area contributed by atoms with Crippen molar-refractivity contribution >= 4 is 0 Å². The Morgan fingerprint density at radius 2 is 1.80 bits per heavy atom. The van der Waals surface area contributed by atoms with Crippen molar-refractivity contribution in [1.82, 2.24) is 5.32 Å². The van der Waals surface area contributed by atoms with Gasteiger partial charge in [0, 0.05) is 6.04 Å². The summed E-state index contributed by atoms with van der Waals surface area (Å²) in [7, 11) is 1.92. The predicted molar refractivity (Wildman–Crippen MR) is 78.5 cm³/mol. The monoisotopic (exact) mass is 281 g/mol. The van der Waals surface area contributed by atoms with Gasteiger partial charge in [0.05, 0.1) is 0 Å². The van der Waals surface area contributed by atoms with Crippen LogP contribution in [0.4, 0.5) is 8.78 Å². The maximum Gasteiger partial charge on any atom is 0.159 e.